The van der Waals surface area contributed by atoms with Gasteiger partial charge in [-0.25, -0.2) is 0 Å². The third kappa shape index (κ3) is 4.06. The first kappa shape index (κ1) is 26.2. The first-order valence-electron chi connectivity index (χ1n) is 15.6. The maximum atomic E-state index is 2.43. The Kier molecular flexibility index (Phi) is 5.78. The van der Waals surface area contributed by atoms with Crippen molar-refractivity contribution in [3.05, 3.63) is 163 Å². The van der Waals surface area contributed by atoms with Crippen LogP contribution in [0, 0.1) is 0 Å². The Morgan fingerprint density at radius 3 is 2.07 bits per heavy atom. The fraction of sp³-hybridized carbons (Fsp3) is 0.0698. The van der Waals surface area contributed by atoms with Gasteiger partial charge in [-0.05, 0) is 86.6 Å². The number of anilines is 3. The van der Waals surface area contributed by atoms with Crippen LogP contribution in [-0.2, 0) is 5.41 Å². The smallest absolute Gasteiger partial charge is 0.0640 e. The lowest BCUT2D eigenvalue weighted by atomic mass is 9.82. The number of hydrogen-bond donors (Lipinski definition) is 0. The van der Waals surface area contributed by atoms with Gasteiger partial charge in [0.2, 0.25) is 0 Å². The van der Waals surface area contributed by atoms with Crippen molar-refractivity contribution in [1.29, 1.82) is 0 Å². The predicted octanol–water partition coefficient (Wildman–Crippen LogP) is 12.7. The lowest BCUT2D eigenvalue weighted by molar-refractivity contribution is 0.660. The van der Waals surface area contributed by atoms with Crippen molar-refractivity contribution in [1.82, 2.24) is 0 Å². The number of thiophene rings is 1. The molecule has 0 amide bonds. The van der Waals surface area contributed by atoms with Gasteiger partial charge in [-0.15, -0.1) is 11.3 Å². The van der Waals surface area contributed by atoms with Crippen LogP contribution in [0.25, 0.3) is 53.2 Å². The van der Waals surface area contributed by atoms with Gasteiger partial charge in [-0.1, -0.05) is 123 Å². The van der Waals surface area contributed by atoms with Crippen LogP contribution in [0.3, 0.4) is 0 Å². The number of nitrogens with zero attached hydrogens (tertiary/aromatic N) is 1. The Labute approximate surface area is 267 Å². The van der Waals surface area contributed by atoms with Gasteiger partial charge in [0.15, 0.2) is 0 Å². The molecule has 0 N–H and O–H groups in total. The molecular weight excluding hydrogens is 563 g/mol. The topological polar surface area (TPSA) is 3.24 Å². The average Bonchev–Trinajstić information content (AvgIpc) is 3.58. The minimum atomic E-state index is 0.0162. The molecule has 8 aromatic rings. The van der Waals surface area contributed by atoms with E-state index < -0.39 is 0 Å². The van der Waals surface area contributed by atoms with E-state index in [9.17, 15) is 0 Å². The lowest BCUT2D eigenvalue weighted by Gasteiger charge is -2.26. The Morgan fingerprint density at radius 2 is 1.18 bits per heavy atom. The summed E-state index contributed by atoms with van der Waals surface area (Å²) in [7, 11) is 0. The molecule has 0 atom stereocenters. The molecule has 0 fully saturated rings. The number of rotatable bonds is 4. The summed E-state index contributed by atoms with van der Waals surface area (Å²) < 4.78 is 2.62. The van der Waals surface area contributed by atoms with Crippen molar-refractivity contribution in [3.63, 3.8) is 0 Å². The molecule has 0 bridgehead atoms. The summed E-state index contributed by atoms with van der Waals surface area (Å²) >= 11 is 1.87. The molecule has 0 aliphatic heterocycles. The zero-order chi connectivity index (χ0) is 30.1. The molecular formula is C43H31NS. The average molecular weight is 594 g/mol. The SMILES string of the molecule is CC1(C)c2ccccc2-c2cc(-c3ccc(N(c4ccc5ccccc5c4)c4cccc5c4sc4ccccc45)cc3)ccc21. The molecule has 9 rings (SSSR count). The summed E-state index contributed by atoms with van der Waals surface area (Å²) in [4.78, 5) is 2.43. The molecule has 1 heterocycles. The minimum absolute atomic E-state index is 0.0162. The van der Waals surface area contributed by atoms with Crippen molar-refractivity contribution in [2.24, 2.45) is 0 Å². The van der Waals surface area contributed by atoms with Crippen LogP contribution in [0.5, 0.6) is 0 Å². The van der Waals surface area contributed by atoms with Crippen LogP contribution in [0.2, 0.25) is 0 Å². The highest BCUT2D eigenvalue weighted by molar-refractivity contribution is 7.26. The van der Waals surface area contributed by atoms with E-state index in [0.29, 0.717) is 0 Å². The van der Waals surface area contributed by atoms with Gasteiger partial charge < -0.3 is 4.90 Å². The van der Waals surface area contributed by atoms with Crippen LogP contribution in [-0.4, -0.2) is 0 Å². The van der Waals surface area contributed by atoms with Crippen molar-refractivity contribution in [3.8, 4) is 22.3 Å². The summed E-state index contributed by atoms with van der Waals surface area (Å²) in [5.41, 5.74) is 11.5. The number of fused-ring (bicyclic) bond motifs is 7. The van der Waals surface area contributed by atoms with Crippen LogP contribution >= 0.6 is 11.3 Å². The van der Waals surface area contributed by atoms with E-state index in [2.05, 4.69) is 170 Å². The van der Waals surface area contributed by atoms with E-state index in [0.717, 1.165) is 11.4 Å². The van der Waals surface area contributed by atoms with Gasteiger partial charge in [0.05, 0.1) is 10.4 Å². The predicted molar refractivity (Wildman–Crippen MR) is 195 cm³/mol. The van der Waals surface area contributed by atoms with Crippen LogP contribution < -0.4 is 4.90 Å². The summed E-state index contributed by atoms with van der Waals surface area (Å²) in [5.74, 6) is 0. The first-order chi connectivity index (χ1) is 22.1. The molecule has 0 saturated heterocycles. The zero-order valence-corrected chi connectivity index (χ0v) is 26.1. The third-order valence-electron chi connectivity index (χ3n) is 9.66. The van der Waals surface area contributed by atoms with Crippen molar-refractivity contribution in [2.75, 3.05) is 4.90 Å². The second-order valence-electron chi connectivity index (χ2n) is 12.6. The van der Waals surface area contributed by atoms with E-state index >= 15 is 0 Å². The summed E-state index contributed by atoms with van der Waals surface area (Å²) in [6.45, 7) is 4.68. The monoisotopic (exact) mass is 593 g/mol. The van der Waals surface area contributed by atoms with Gasteiger partial charge in [-0.3, -0.25) is 0 Å². The molecule has 0 saturated carbocycles. The van der Waals surface area contributed by atoms with Gasteiger partial charge in [0.25, 0.3) is 0 Å². The molecule has 1 aromatic heterocycles. The quantitative estimate of drug-likeness (QED) is 0.196. The highest BCUT2D eigenvalue weighted by atomic mass is 32.1. The van der Waals surface area contributed by atoms with Crippen molar-refractivity contribution < 1.29 is 0 Å². The zero-order valence-electron chi connectivity index (χ0n) is 25.3. The van der Waals surface area contributed by atoms with Crippen LogP contribution in [0.1, 0.15) is 25.0 Å². The van der Waals surface area contributed by atoms with Crippen molar-refractivity contribution in [2.45, 2.75) is 19.3 Å². The van der Waals surface area contributed by atoms with Crippen molar-refractivity contribution >= 4 is 59.3 Å². The van der Waals surface area contributed by atoms with Gasteiger partial charge in [0, 0.05) is 32.3 Å². The number of hydrogen-bond acceptors (Lipinski definition) is 2. The summed E-state index contributed by atoms with van der Waals surface area (Å²) in [6, 6.07) is 55.9. The highest BCUT2D eigenvalue weighted by Gasteiger charge is 2.35. The fourth-order valence-corrected chi connectivity index (χ4v) is 8.56. The van der Waals surface area contributed by atoms with Crippen LogP contribution in [0.15, 0.2) is 152 Å². The van der Waals surface area contributed by atoms with E-state index in [1.807, 2.05) is 11.3 Å². The summed E-state index contributed by atoms with van der Waals surface area (Å²) in [5, 5.41) is 5.10. The second-order valence-corrected chi connectivity index (χ2v) is 13.6. The Balaban J connectivity index is 1.19. The Hall–Kier alpha value is -5.18. The Morgan fingerprint density at radius 1 is 0.489 bits per heavy atom. The standard InChI is InChI=1S/C43H31NS/c1-43(2)38-15-7-5-12-34(38)37-27-31(21-25-39(37)43)29-18-22-32(23-19-29)44(33-24-20-28-10-3-4-11-30(28)26-33)40-16-9-14-36-35-13-6-8-17-41(35)45-42(36)40/h3-27H,1-2H3. The molecule has 7 aromatic carbocycles. The molecule has 0 unspecified atom stereocenters. The normalized spacial score (nSPS) is 13.3. The van der Waals surface area contributed by atoms with Gasteiger partial charge in [-0.2, -0.15) is 0 Å². The molecule has 1 nitrogen and oxygen atoms in total. The highest BCUT2D eigenvalue weighted by Crippen LogP contribution is 2.50. The minimum Gasteiger partial charge on any atom is -0.309 e. The molecule has 0 radical (unpaired) electrons. The molecule has 0 spiro atoms. The Bertz CT molecular complexity index is 2410. The van der Waals surface area contributed by atoms with Gasteiger partial charge in [0.1, 0.15) is 0 Å². The van der Waals surface area contributed by atoms with E-state index in [1.165, 1.54) is 70.0 Å². The first-order valence-corrected chi connectivity index (χ1v) is 16.4. The second kappa shape index (κ2) is 9.92. The lowest BCUT2D eigenvalue weighted by Crippen LogP contribution is -2.14. The molecule has 1 aliphatic rings. The maximum Gasteiger partial charge on any atom is 0.0640 e. The molecule has 2 heteroatoms. The maximum absolute atomic E-state index is 2.43. The molecule has 45 heavy (non-hydrogen) atoms. The third-order valence-corrected chi connectivity index (χ3v) is 10.9. The molecule has 214 valence electrons. The summed E-state index contributed by atoms with van der Waals surface area (Å²) in [6.07, 6.45) is 0. The number of benzene rings is 7. The van der Waals surface area contributed by atoms with Crippen LogP contribution in [0.4, 0.5) is 17.1 Å². The van der Waals surface area contributed by atoms with Gasteiger partial charge >= 0.3 is 0 Å². The van der Waals surface area contributed by atoms with E-state index in [4.69, 9.17) is 0 Å². The fourth-order valence-electron chi connectivity index (χ4n) is 7.35. The largest absolute Gasteiger partial charge is 0.309 e. The van der Waals surface area contributed by atoms with E-state index in [-0.39, 0.29) is 5.41 Å². The van der Waals surface area contributed by atoms with E-state index in [1.54, 1.807) is 0 Å². The molecule has 1 aliphatic carbocycles.